The summed E-state index contributed by atoms with van der Waals surface area (Å²) in [7, 11) is 2.04. The van der Waals surface area contributed by atoms with Gasteiger partial charge in [-0.25, -0.2) is 9.78 Å². The summed E-state index contributed by atoms with van der Waals surface area (Å²) in [6.07, 6.45) is 3.31. The highest BCUT2D eigenvalue weighted by molar-refractivity contribution is 5.98. The monoisotopic (exact) mass is 571 g/mol. The standard InChI is InChI=1S/C33H41N5O4/c1-33(2,3)42-32(40)34-25-9-7-15-37(21-25)31(39)24-11-12-28-26(18-24)35-30(36(28)4)29-19-23-8-5-6-10-27(23)38(29)20-22-13-16-41-17-14-22/h5-6,8,10-12,18-19,22,25H,7,9,13-17,20-21H2,1-4H3,(H,34,40). The summed E-state index contributed by atoms with van der Waals surface area (Å²) in [4.78, 5) is 32.8. The molecule has 0 aliphatic carbocycles. The molecule has 2 aromatic heterocycles. The number of likely N-dealkylation sites (tertiary alicyclic amines) is 1. The molecule has 4 heterocycles. The third-order valence-corrected chi connectivity index (χ3v) is 8.38. The molecule has 0 spiro atoms. The minimum Gasteiger partial charge on any atom is -0.444 e. The zero-order valence-electron chi connectivity index (χ0n) is 25.1. The van der Waals surface area contributed by atoms with E-state index in [1.807, 2.05) is 50.9 Å². The van der Waals surface area contributed by atoms with Crippen molar-refractivity contribution in [3.8, 4) is 11.5 Å². The second-order valence-electron chi connectivity index (χ2n) is 12.7. The van der Waals surface area contributed by atoms with Crippen LogP contribution in [0.1, 0.15) is 56.8 Å². The molecule has 42 heavy (non-hydrogen) atoms. The molecule has 2 aromatic carbocycles. The predicted molar refractivity (Wildman–Crippen MR) is 163 cm³/mol. The molecule has 2 saturated heterocycles. The number of fused-ring (bicyclic) bond motifs is 2. The van der Waals surface area contributed by atoms with Gasteiger partial charge >= 0.3 is 6.09 Å². The summed E-state index contributed by atoms with van der Waals surface area (Å²) in [5.74, 6) is 1.40. The molecule has 2 fully saturated rings. The van der Waals surface area contributed by atoms with E-state index in [0.29, 0.717) is 24.6 Å². The molecule has 2 aliphatic heterocycles. The molecular weight excluding hydrogens is 530 g/mol. The van der Waals surface area contributed by atoms with Crippen LogP contribution in [-0.2, 0) is 23.1 Å². The lowest BCUT2D eigenvalue weighted by Crippen LogP contribution is -2.50. The lowest BCUT2D eigenvalue weighted by Gasteiger charge is -2.33. The van der Waals surface area contributed by atoms with Crippen LogP contribution in [0.2, 0.25) is 0 Å². The van der Waals surface area contributed by atoms with Crippen molar-refractivity contribution >= 4 is 33.9 Å². The first-order valence-corrected chi connectivity index (χ1v) is 15.1. The number of piperidine rings is 1. The van der Waals surface area contributed by atoms with Crippen LogP contribution in [0.3, 0.4) is 0 Å². The molecule has 9 heteroatoms. The van der Waals surface area contributed by atoms with Crippen molar-refractivity contribution in [3.05, 3.63) is 54.1 Å². The van der Waals surface area contributed by atoms with Gasteiger partial charge in [-0.3, -0.25) is 4.79 Å². The maximum Gasteiger partial charge on any atom is 0.407 e. The molecule has 0 radical (unpaired) electrons. The number of hydrogen-bond donors (Lipinski definition) is 1. The van der Waals surface area contributed by atoms with Gasteiger partial charge in [-0.1, -0.05) is 18.2 Å². The number of amides is 2. The largest absolute Gasteiger partial charge is 0.444 e. The molecule has 6 rings (SSSR count). The highest BCUT2D eigenvalue weighted by atomic mass is 16.6. The van der Waals surface area contributed by atoms with E-state index in [4.69, 9.17) is 14.5 Å². The van der Waals surface area contributed by atoms with Gasteiger partial charge in [0.1, 0.15) is 5.60 Å². The van der Waals surface area contributed by atoms with Gasteiger partial charge in [-0.15, -0.1) is 0 Å². The predicted octanol–water partition coefficient (Wildman–Crippen LogP) is 5.75. The van der Waals surface area contributed by atoms with Crippen LogP contribution in [0.15, 0.2) is 48.5 Å². The van der Waals surface area contributed by atoms with Crippen LogP contribution in [0.4, 0.5) is 4.79 Å². The number of nitrogens with zero attached hydrogens (tertiary/aromatic N) is 4. The highest BCUT2D eigenvalue weighted by Gasteiger charge is 2.28. The van der Waals surface area contributed by atoms with Crippen LogP contribution in [0, 0.1) is 5.92 Å². The number of carbonyl (C=O) groups is 2. The SMILES string of the molecule is Cn1c(-c2cc3ccccc3n2CC2CCOCC2)nc2cc(C(=O)N3CCCC(NC(=O)OC(C)(C)C)C3)ccc21. The summed E-state index contributed by atoms with van der Waals surface area (Å²) in [5.41, 5.74) is 4.11. The van der Waals surface area contributed by atoms with Gasteiger partial charge < -0.3 is 28.8 Å². The number of imidazole rings is 1. The second kappa shape index (κ2) is 11.4. The Morgan fingerprint density at radius 1 is 1.05 bits per heavy atom. The van der Waals surface area contributed by atoms with Crippen molar-refractivity contribution in [2.75, 3.05) is 26.3 Å². The van der Waals surface area contributed by atoms with E-state index < -0.39 is 11.7 Å². The summed E-state index contributed by atoms with van der Waals surface area (Å²) in [5, 5.41) is 4.13. The third kappa shape index (κ3) is 5.88. The normalized spacial score (nSPS) is 18.5. The number of hydrogen-bond acceptors (Lipinski definition) is 5. The first kappa shape index (κ1) is 28.3. The van der Waals surface area contributed by atoms with Crippen molar-refractivity contribution in [3.63, 3.8) is 0 Å². The second-order valence-corrected chi connectivity index (χ2v) is 12.7. The highest BCUT2D eigenvalue weighted by Crippen LogP contribution is 2.32. The average Bonchev–Trinajstić information content (AvgIpc) is 3.49. The molecule has 1 atom stereocenters. The van der Waals surface area contributed by atoms with E-state index in [1.165, 1.54) is 10.9 Å². The van der Waals surface area contributed by atoms with Gasteiger partial charge in [-0.2, -0.15) is 0 Å². The maximum atomic E-state index is 13.6. The lowest BCUT2D eigenvalue weighted by atomic mass is 10.0. The van der Waals surface area contributed by atoms with E-state index in [0.717, 1.165) is 68.0 Å². The Hall–Kier alpha value is -3.85. The Morgan fingerprint density at radius 2 is 1.83 bits per heavy atom. The first-order valence-electron chi connectivity index (χ1n) is 15.1. The molecule has 0 saturated carbocycles. The van der Waals surface area contributed by atoms with Crippen molar-refractivity contribution in [2.45, 2.75) is 64.6 Å². The summed E-state index contributed by atoms with van der Waals surface area (Å²) >= 11 is 0. The molecule has 0 bridgehead atoms. The van der Waals surface area contributed by atoms with Crippen LogP contribution in [0.5, 0.6) is 0 Å². The van der Waals surface area contributed by atoms with Gasteiger partial charge in [0, 0.05) is 62.4 Å². The molecule has 1 N–H and O–H groups in total. The Bertz CT molecular complexity index is 1610. The number of rotatable bonds is 5. The van der Waals surface area contributed by atoms with E-state index in [9.17, 15) is 9.59 Å². The number of ether oxygens (including phenoxy) is 2. The van der Waals surface area contributed by atoms with Crippen LogP contribution < -0.4 is 5.32 Å². The Labute approximate surface area is 246 Å². The minimum atomic E-state index is -0.565. The van der Waals surface area contributed by atoms with Gasteiger partial charge in [0.2, 0.25) is 0 Å². The topological polar surface area (TPSA) is 90.6 Å². The number of benzene rings is 2. The number of aryl methyl sites for hydroxylation is 1. The molecule has 1 unspecified atom stereocenters. The Morgan fingerprint density at radius 3 is 2.62 bits per heavy atom. The summed E-state index contributed by atoms with van der Waals surface area (Å²) < 4.78 is 15.6. The number of para-hydroxylation sites is 1. The van der Waals surface area contributed by atoms with E-state index in [-0.39, 0.29) is 11.9 Å². The zero-order valence-corrected chi connectivity index (χ0v) is 25.1. The fraction of sp³-hybridized carbons (Fsp3) is 0.485. The lowest BCUT2D eigenvalue weighted by molar-refractivity contribution is 0.0452. The van der Waals surface area contributed by atoms with Crippen molar-refractivity contribution in [2.24, 2.45) is 13.0 Å². The van der Waals surface area contributed by atoms with Crippen molar-refractivity contribution in [1.29, 1.82) is 0 Å². The van der Waals surface area contributed by atoms with Crippen LogP contribution in [0.25, 0.3) is 33.5 Å². The molecule has 4 aromatic rings. The van der Waals surface area contributed by atoms with Crippen LogP contribution in [-0.4, -0.2) is 69.0 Å². The number of carbonyl (C=O) groups excluding carboxylic acids is 2. The summed E-state index contributed by atoms with van der Waals surface area (Å²) in [6, 6.07) is 16.4. The van der Waals surface area contributed by atoms with Gasteiger partial charge in [0.15, 0.2) is 5.82 Å². The van der Waals surface area contributed by atoms with E-state index in [1.54, 1.807) is 0 Å². The fourth-order valence-electron chi connectivity index (χ4n) is 6.28. The smallest absolute Gasteiger partial charge is 0.407 e. The third-order valence-electron chi connectivity index (χ3n) is 8.38. The zero-order chi connectivity index (χ0) is 29.4. The Kier molecular flexibility index (Phi) is 7.70. The van der Waals surface area contributed by atoms with Crippen LogP contribution >= 0.6 is 0 Å². The summed E-state index contributed by atoms with van der Waals surface area (Å²) in [6.45, 7) is 9.19. The fourth-order valence-corrected chi connectivity index (χ4v) is 6.28. The molecule has 9 nitrogen and oxygen atoms in total. The molecule has 2 aliphatic rings. The first-order chi connectivity index (χ1) is 20.2. The number of alkyl carbamates (subject to hydrolysis) is 1. The van der Waals surface area contributed by atoms with E-state index >= 15 is 0 Å². The molecule has 222 valence electrons. The minimum absolute atomic E-state index is 0.0478. The van der Waals surface area contributed by atoms with Gasteiger partial charge in [0.25, 0.3) is 5.91 Å². The van der Waals surface area contributed by atoms with E-state index in [2.05, 4.69) is 44.8 Å². The average molecular weight is 572 g/mol. The van der Waals surface area contributed by atoms with Gasteiger partial charge in [-0.05, 0) is 82.7 Å². The quantitative estimate of drug-likeness (QED) is 0.329. The Balaban J connectivity index is 1.26. The number of aromatic nitrogens is 3. The van der Waals surface area contributed by atoms with Crippen molar-refractivity contribution in [1.82, 2.24) is 24.3 Å². The number of nitrogens with one attached hydrogen (secondary N) is 1. The molecular formula is C33H41N5O4. The van der Waals surface area contributed by atoms with Gasteiger partial charge in [0.05, 0.1) is 16.7 Å². The molecule has 2 amide bonds. The maximum absolute atomic E-state index is 13.6. The van der Waals surface area contributed by atoms with Crippen molar-refractivity contribution < 1.29 is 19.1 Å².